The van der Waals surface area contributed by atoms with E-state index < -0.39 is 0 Å². The molecular weight excluding hydrogens is 271 g/mol. The van der Waals surface area contributed by atoms with Gasteiger partial charge in [-0.05, 0) is 35.9 Å². The first-order chi connectivity index (χ1) is 10.2. The molecule has 0 fully saturated rings. The number of anilines is 1. The lowest BCUT2D eigenvalue weighted by Gasteiger charge is -2.08. The first-order valence-electron chi connectivity index (χ1n) is 6.56. The molecule has 0 radical (unpaired) electrons. The Morgan fingerprint density at radius 1 is 1.19 bits per heavy atom. The Hall–Kier alpha value is -2.56. The van der Waals surface area contributed by atoms with Crippen LogP contribution < -0.4 is 15.4 Å². The molecule has 2 aromatic rings. The van der Waals surface area contributed by atoms with Crippen molar-refractivity contribution in [1.82, 2.24) is 5.32 Å². The zero-order valence-corrected chi connectivity index (χ0v) is 11.7. The Balaban J connectivity index is 1.76. The van der Waals surface area contributed by atoms with Crippen molar-refractivity contribution >= 4 is 11.6 Å². The molecule has 0 unspecified atom stereocenters. The van der Waals surface area contributed by atoms with E-state index in [-0.39, 0.29) is 18.3 Å². The number of nitrogens with one attached hydrogen (secondary N) is 2. The standard InChI is InChI=1S/C16H17FN2O2/c1-21-15-7-5-12(6-8-15)10-19-16(20)11-18-14-4-2-3-13(17)9-14/h2-9,18H,10-11H2,1H3,(H,19,20). The number of rotatable bonds is 6. The van der Waals surface area contributed by atoms with Crippen molar-refractivity contribution in [3.8, 4) is 5.75 Å². The van der Waals surface area contributed by atoms with Crippen molar-refractivity contribution in [2.45, 2.75) is 6.54 Å². The highest BCUT2D eigenvalue weighted by molar-refractivity contribution is 5.80. The molecule has 0 bridgehead atoms. The highest BCUT2D eigenvalue weighted by Gasteiger charge is 2.02. The molecule has 110 valence electrons. The number of ether oxygens (including phenoxy) is 1. The van der Waals surface area contributed by atoms with Gasteiger partial charge in [-0.25, -0.2) is 4.39 Å². The molecule has 0 atom stereocenters. The molecule has 5 heteroatoms. The Kier molecular flexibility index (Phi) is 5.15. The van der Waals surface area contributed by atoms with Crippen LogP contribution in [0.2, 0.25) is 0 Å². The lowest BCUT2D eigenvalue weighted by Crippen LogP contribution is -2.29. The summed E-state index contributed by atoms with van der Waals surface area (Å²) >= 11 is 0. The Morgan fingerprint density at radius 2 is 1.95 bits per heavy atom. The number of benzene rings is 2. The fourth-order valence-electron chi connectivity index (χ4n) is 1.79. The minimum atomic E-state index is -0.335. The monoisotopic (exact) mass is 288 g/mol. The number of halogens is 1. The molecule has 21 heavy (non-hydrogen) atoms. The van der Waals surface area contributed by atoms with Gasteiger partial charge in [0.1, 0.15) is 11.6 Å². The Morgan fingerprint density at radius 3 is 2.62 bits per heavy atom. The van der Waals surface area contributed by atoms with Gasteiger partial charge in [0.05, 0.1) is 13.7 Å². The predicted octanol–water partition coefficient (Wildman–Crippen LogP) is 2.56. The summed E-state index contributed by atoms with van der Waals surface area (Å²) in [6.07, 6.45) is 0. The van der Waals surface area contributed by atoms with Gasteiger partial charge in [-0.3, -0.25) is 4.79 Å². The van der Waals surface area contributed by atoms with E-state index in [1.165, 1.54) is 12.1 Å². The lowest BCUT2D eigenvalue weighted by molar-refractivity contribution is -0.119. The smallest absolute Gasteiger partial charge is 0.239 e. The summed E-state index contributed by atoms with van der Waals surface area (Å²) in [6, 6.07) is 13.5. The van der Waals surface area contributed by atoms with Crippen molar-refractivity contribution in [2.24, 2.45) is 0 Å². The molecule has 0 heterocycles. The van der Waals surface area contributed by atoms with E-state index in [0.29, 0.717) is 12.2 Å². The number of amides is 1. The van der Waals surface area contributed by atoms with Gasteiger partial charge >= 0.3 is 0 Å². The maximum absolute atomic E-state index is 13.0. The molecule has 2 aromatic carbocycles. The SMILES string of the molecule is COc1ccc(CNC(=O)CNc2cccc(F)c2)cc1. The molecule has 0 aliphatic rings. The summed E-state index contributed by atoms with van der Waals surface area (Å²) in [4.78, 5) is 11.7. The van der Waals surface area contributed by atoms with Crippen molar-refractivity contribution in [2.75, 3.05) is 19.0 Å². The molecule has 1 amide bonds. The van der Waals surface area contributed by atoms with Crippen LogP contribution in [0.3, 0.4) is 0 Å². The van der Waals surface area contributed by atoms with Crippen LogP contribution in [-0.2, 0) is 11.3 Å². The first kappa shape index (κ1) is 14.8. The molecular formula is C16H17FN2O2. The average molecular weight is 288 g/mol. The summed E-state index contributed by atoms with van der Waals surface area (Å²) in [5.41, 5.74) is 1.56. The summed E-state index contributed by atoms with van der Waals surface area (Å²) in [6.45, 7) is 0.535. The minimum Gasteiger partial charge on any atom is -0.497 e. The van der Waals surface area contributed by atoms with Gasteiger partial charge in [-0.1, -0.05) is 18.2 Å². The highest BCUT2D eigenvalue weighted by Crippen LogP contribution is 2.11. The van der Waals surface area contributed by atoms with Crippen molar-refractivity contribution < 1.29 is 13.9 Å². The van der Waals surface area contributed by atoms with Crippen molar-refractivity contribution in [1.29, 1.82) is 0 Å². The third kappa shape index (κ3) is 4.80. The second-order valence-corrected chi connectivity index (χ2v) is 4.49. The van der Waals surface area contributed by atoms with Gasteiger partial charge in [-0.2, -0.15) is 0 Å². The number of carbonyl (C=O) groups is 1. The number of carbonyl (C=O) groups excluding carboxylic acids is 1. The molecule has 4 nitrogen and oxygen atoms in total. The summed E-state index contributed by atoms with van der Waals surface area (Å²) < 4.78 is 18.0. The van der Waals surface area contributed by atoms with Crippen LogP contribution in [0.25, 0.3) is 0 Å². The number of hydrogen-bond acceptors (Lipinski definition) is 3. The van der Waals surface area contributed by atoms with E-state index in [0.717, 1.165) is 11.3 Å². The van der Waals surface area contributed by atoms with E-state index in [9.17, 15) is 9.18 Å². The predicted molar refractivity (Wildman–Crippen MR) is 79.7 cm³/mol. The topological polar surface area (TPSA) is 50.4 Å². The van der Waals surface area contributed by atoms with Crippen molar-refractivity contribution in [3.63, 3.8) is 0 Å². The van der Waals surface area contributed by atoms with Crippen LogP contribution in [0.4, 0.5) is 10.1 Å². The zero-order chi connectivity index (χ0) is 15.1. The van der Waals surface area contributed by atoms with Crippen LogP contribution in [0, 0.1) is 5.82 Å². The first-order valence-corrected chi connectivity index (χ1v) is 6.56. The molecule has 0 saturated carbocycles. The fourth-order valence-corrected chi connectivity index (χ4v) is 1.79. The molecule has 2 N–H and O–H groups in total. The molecule has 0 aromatic heterocycles. The van der Waals surface area contributed by atoms with E-state index in [4.69, 9.17) is 4.74 Å². The van der Waals surface area contributed by atoms with Gasteiger partial charge in [0.2, 0.25) is 5.91 Å². The molecule has 0 aliphatic heterocycles. The Labute approximate surface area is 122 Å². The summed E-state index contributed by atoms with van der Waals surface area (Å²) in [7, 11) is 1.61. The van der Waals surface area contributed by atoms with E-state index >= 15 is 0 Å². The normalized spacial score (nSPS) is 10.0. The Bertz CT molecular complexity index is 599. The number of methoxy groups -OCH3 is 1. The maximum Gasteiger partial charge on any atom is 0.239 e. The molecule has 0 spiro atoms. The molecule has 0 saturated heterocycles. The van der Waals surface area contributed by atoms with Gasteiger partial charge in [-0.15, -0.1) is 0 Å². The maximum atomic E-state index is 13.0. The van der Waals surface area contributed by atoms with Crippen LogP contribution in [0.15, 0.2) is 48.5 Å². The highest BCUT2D eigenvalue weighted by atomic mass is 19.1. The second-order valence-electron chi connectivity index (χ2n) is 4.49. The van der Waals surface area contributed by atoms with Crippen LogP contribution >= 0.6 is 0 Å². The lowest BCUT2D eigenvalue weighted by atomic mass is 10.2. The van der Waals surface area contributed by atoms with E-state index in [1.807, 2.05) is 24.3 Å². The van der Waals surface area contributed by atoms with Crippen molar-refractivity contribution in [3.05, 3.63) is 59.9 Å². The molecule has 2 rings (SSSR count). The molecule has 0 aliphatic carbocycles. The van der Waals surface area contributed by atoms with Gasteiger partial charge in [0.25, 0.3) is 0 Å². The summed E-state index contributed by atoms with van der Waals surface area (Å²) in [5.74, 6) is 0.284. The minimum absolute atomic E-state index is 0.0968. The van der Waals surface area contributed by atoms with E-state index in [1.54, 1.807) is 19.2 Å². The average Bonchev–Trinajstić information content (AvgIpc) is 2.51. The second kappa shape index (κ2) is 7.28. The quantitative estimate of drug-likeness (QED) is 0.859. The number of hydrogen-bond donors (Lipinski definition) is 2. The third-order valence-corrected chi connectivity index (χ3v) is 2.93. The fraction of sp³-hybridized carbons (Fsp3) is 0.188. The van der Waals surface area contributed by atoms with Crippen LogP contribution in [0.1, 0.15) is 5.56 Å². The summed E-state index contributed by atoms with van der Waals surface area (Å²) in [5, 5.41) is 5.65. The van der Waals surface area contributed by atoms with Gasteiger partial charge in [0, 0.05) is 12.2 Å². The third-order valence-electron chi connectivity index (χ3n) is 2.93. The van der Waals surface area contributed by atoms with Crippen LogP contribution in [0.5, 0.6) is 5.75 Å². The largest absolute Gasteiger partial charge is 0.497 e. The van der Waals surface area contributed by atoms with Gasteiger partial charge < -0.3 is 15.4 Å². The van der Waals surface area contributed by atoms with E-state index in [2.05, 4.69) is 10.6 Å². The van der Waals surface area contributed by atoms with Gasteiger partial charge in [0.15, 0.2) is 0 Å². The van der Waals surface area contributed by atoms with Crippen LogP contribution in [-0.4, -0.2) is 19.6 Å². The zero-order valence-electron chi connectivity index (χ0n) is 11.7.